The molecule has 2 aromatic heterocycles. The number of fused-ring (bicyclic) bond motifs is 2. The highest BCUT2D eigenvalue weighted by molar-refractivity contribution is 5.91. The summed E-state index contributed by atoms with van der Waals surface area (Å²) in [6.45, 7) is 2.06. The Bertz CT molecular complexity index is 1110. The van der Waals surface area contributed by atoms with Gasteiger partial charge < -0.3 is 5.32 Å². The minimum atomic E-state index is 0.503. The fourth-order valence-corrected chi connectivity index (χ4v) is 4.27. The standard InChI is InChI=1S/C23H24N4/c1-16-15-22(18-11-5-6-12-19(18)24-16)27-21-14-8-7-13-20(21)26-23(27)25-17-9-3-2-4-10-17/h5-8,11-15,17H,2-4,9-10H2,1H3,(H,25,26). The van der Waals surface area contributed by atoms with Gasteiger partial charge in [-0.25, -0.2) is 4.98 Å². The second kappa shape index (κ2) is 6.69. The quantitative estimate of drug-likeness (QED) is 0.517. The molecule has 1 aliphatic rings. The molecule has 2 heterocycles. The summed E-state index contributed by atoms with van der Waals surface area (Å²) in [6.07, 6.45) is 6.39. The number of aromatic nitrogens is 3. The zero-order valence-electron chi connectivity index (χ0n) is 15.7. The SMILES string of the molecule is Cc1cc(-n2c(NC3CCCCC3)nc3ccccc32)c2ccccc2n1. The van der Waals surface area contributed by atoms with E-state index in [1.165, 1.54) is 32.1 Å². The molecule has 0 bridgehead atoms. The molecule has 0 spiro atoms. The summed E-state index contributed by atoms with van der Waals surface area (Å²) in [6, 6.07) is 19.4. The van der Waals surface area contributed by atoms with E-state index in [9.17, 15) is 0 Å². The monoisotopic (exact) mass is 356 g/mol. The third-order valence-corrected chi connectivity index (χ3v) is 5.56. The van der Waals surface area contributed by atoms with Crippen LogP contribution in [-0.2, 0) is 0 Å². The van der Waals surface area contributed by atoms with Crippen molar-refractivity contribution >= 4 is 27.9 Å². The first-order valence-corrected chi connectivity index (χ1v) is 9.90. The molecule has 0 unspecified atom stereocenters. The van der Waals surface area contributed by atoms with E-state index in [0.717, 1.165) is 39.3 Å². The maximum absolute atomic E-state index is 4.95. The maximum atomic E-state index is 4.95. The molecule has 5 rings (SSSR count). The smallest absolute Gasteiger partial charge is 0.208 e. The van der Waals surface area contributed by atoms with E-state index < -0.39 is 0 Å². The number of benzene rings is 2. The molecule has 136 valence electrons. The van der Waals surface area contributed by atoms with E-state index in [4.69, 9.17) is 9.97 Å². The van der Waals surface area contributed by atoms with E-state index in [1.807, 2.05) is 6.07 Å². The van der Waals surface area contributed by atoms with Gasteiger partial charge >= 0.3 is 0 Å². The van der Waals surface area contributed by atoms with Gasteiger partial charge in [0.15, 0.2) is 0 Å². The lowest BCUT2D eigenvalue weighted by atomic mass is 9.96. The molecule has 0 radical (unpaired) electrons. The average Bonchev–Trinajstić information content (AvgIpc) is 3.05. The van der Waals surface area contributed by atoms with Gasteiger partial charge in [-0.1, -0.05) is 49.6 Å². The molecule has 4 nitrogen and oxygen atoms in total. The Morgan fingerprint density at radius 3 is 2.48 bits per heavy atom. The summed E-state index contributed by atoms with van der Waals surface area (Å²) in [5.41, 5.74) is 5.34. The van der Waals surface area contributed by atoms with Gasteiger partial charge in [-0.3, -0.25) is 9.55 Å². The Labute approximate surface area is 159 Å². The Balaban J connectivity index is 1.73. The molecule has 2 aromatic carbocycles. The Kier molecular flexibility index (Phi) is 4.04. The number of pyridine rings is 1. The normalized spacial score (nSPS) is 15.4. The third kappa shape index (κ3) is 2.95. The van der Waals surface area contributed by atoms with Crippen molar-refractivity contribution < 1.29 is 0 Å². The Morgan fingerprint density at radius 1 is 0.889 bits per heavy atom. The van der Waals surface area contributed by atoms with E-state index in [0.29, 0.717) is 6.04 Å². The van der Waals surface area contributed by atoms with E-state index >= 15 is 0 Å². The van der Waals surface area contributed by atoms with Crippen molar-refractivity contribution in [2.75, 3.05) is 5.32 Å². The van der Waals surface area contributed by atoms with Crippen LogP contribution in [0.15, 0.2) is 54.6 Å². The summed E-state index contributed by atoms with van der Waals surface area (Å²) in [5, 5.41) is 4.90. The molecule has 4 aromatic rings. The van der Waals surface area contributed by atoms with Crippen molar-refractivity contribution in [2.24, 2.45) is 0 Å². The van der Waals surface area contributed by atoms with E-state index in [-0.39, 0.29) is 0 Å². The number of para-hydroxylation sites is 3. The fraction of sp³-hybridized carbons (Fsp3) is 0.304. The number of anilines is 1. The minimum Gasteiger partial charge on any atom is -0.353 e. The van der Waals surface area contributed by atoms with Crippen molar-refractivity contribution in [3.8, 4) is 5.69 Å². The predicted octanol–water partition coefficient (Wildman–Crippen LogP) is 5.63. The van der Waals surface area contributed by atoms with Gasteiger partial charge in [0, 0.05) is 17.1 Å². The lowest BCUT2D eigenvalue weighted by molar-refractivity contribution is 0.460. The second-order valence-electron chi connectivity index (χ2n) is 7.54. The summed E-state index contributed by atoms with van der Waals surface area (Å²) in [7, 11) is 0. The highest BCUT2D eigenvalue weighted by atomic mass is 15.2. The van der Waals surface area contributed by atoms with E-state index in [2.05, 4.69) is 65.3 Å². The molecular formula is C23H24N4. The van der Waals surface area contributed by atoms with Crippen molar-refractivity contribution in [3.05, 3.63) is 60.3 Å². The second-order valence-corrected chi connectivity index (χ2v) is 7.54. The first-order valence-electron chi connectivity index (χ1n) is 9.90. The first kappa shape index (κ1) is 16.3. The molecular weight excluding hydrogens is 332 g/mol. The fourth-order valence-electron chi connectivity index (χ4n) is 4.27. The van der Waals surface area contributed by atoms with Gasteiger partial charge in [0.2, 0.25) is 5.95 Å². The van der Waals surface area contributed by atoms with Gasteiger partial charge in [-0.2, -0.15) is 0 Å². The van der Waals surface area contributed by atoms with Crippen LogP contribution in [0, 0.1) is 6.92 Å². The Morgan fingerprint density at radius 2 is 1.63 bits per heavy atom. The highest BCUT2D eigenvalue weighted by Crippen LogP contribution is 2.31. The number of hydrogen-bond donors (Lipinski definition) is 1. The molecule has 1 fully saturated rings. The lowest BCUT2D eigenvalue weighted by Gasteiger charge is -2.24. The third-order valence-electron chi connectivity index (χ3n) is 5.56. The zero-order valence-corrected chi connectivity index (χ0v) is 15.7. The summed E-state index contributed by atoms with van der Waals surface area (Å²) in [4.78, 5) is 9.67. The van der Waals surface area contributed by atoms with Crippen LogP contribution >= 0.6 is 0 Å². The summed E-state index contributed by atoms with van der Waals surface area (Å²) >= 11 is 0. The number of nitrogens with zero attached hydrogens (tertiary/aromatic N) is 3. The lowest BCUT2D eigenvalue weighted by Crippen LogP contribution is -2.24. The average molecular weight is 356 g/mol. The van der Waals surface area contributed by atoms with Crippen molar-refractivity contribution in [3.63, 3.8) is 0 Å². The van der Waals surface area contributed by atoms with Gasteiger partial charge in [0.05, 0.1) is 22.2 Å². The Hall–Kier alpha value is -2.88. The van der Waals surface area contributed by atoms with E-state index in [1.54, 1.807) is 0 Å². The van der Waals surface area contributed by atoms with Crippen LogP contribution in [-0.4, -0.2) is 20.6 Å². The van der Waals surface area contributed by atoms with Crippen LogP contribution in [0.25, 0.3) is 27.6 Å². The van der Waals surface area contributed by atoms with Crippen LogP contribution in [0.1, 0.15) is 37.8 Å². The topological polar surface area (TPSA) is 42.7 Å². The van der Waals surface area contributed by atoms with Crippen LogP contribution in [0.4, 0.5) is 5.95 Å². The van der Waals surface area contributed by atoms with Gasteiger partial charge in [0.1, 0.15) is 0 Å². The molecule has 1 aliphatic carbocycles. The molecule has 27 heavy (non-hydrogen) atoms. The highest BCUT2D eigenvalue weighted by Gasteiger charge is 2.19. The van der Waals surface area contributed by atoms with Crippen molar-refractivity contribution in [1.82, 2.24) is 14.5 Å². The zero-order chi connectivity index (χ0) is 18.2. The maximum Gasteiger partial charge on any atom is 0.208 e. The molecule has 0 amide bonds. The number of aryl methyl sites for hydroxylation is 1. The molecule has 0 aliphatic heterocycles. The summed E-state index contributed by atoms with van der Waals surface area (Å²) in [5.74, 6) is 0.943. The van der Waals surface area contributed by atoms with Crippen LogP contribution in [0.2, 0.25) is 0 Å². The number of hydrogen-bond acceptors (Lipinski definition) is 3. The van der Waals surface area contributed by atoms with Crippen LogP contribution in [0.3, 0.4) is 0 Å². The number of imidazole rings is 1. The molecule has 1 N–H and O–H groups in total. The molecule has 0 atom stereocenters. The van der Waals surface area contributed by atoms with Crippen molar-refractivity contribution in [1.29, 1.82) is 0 Å². The number of nitrogens with one attached hydrogen (secondary N) is 1. The summed E-state index contributed by atoms with van der Waals surface area (Å²) < 4.78 is 2.28. The van der Waals surface area contributed by atoms with Gasteiger partial charge in [-0.15, -0.1) is 0 Å². The first-order chi connectivity index (χ1) is 13.3. The largest absolute Gasteiger partial charge is 0.353 e. The number of rotatable bonds is 3. The van der Waals surface area contributed by atoms with Crippen LogP contribution < -0.4 is 5.32 Å². The van der Waals surface area contributed by atoms with Gasteiger partial charge in [-0.05, 0) is 44.0 Å². The minimum absolute atomic E-state index is 0.503. The van der Waals surface area contributed by atoms with Crippen molar-refractivity contribution in [2.45, 2.75) is 45.1 Å². The predicted molar refractivity (Wildman–Crippen MR) is 112 cm³/mol. The molecule has 4 heteroatoms. The van der Waals surface area contributed by atoms with Gasteiger partial charge in [0.25, 0.3) is 0 Å². The van der Waals surface area contributed by atoms with Crippen LogP contribution in [0.5, 0.6) is 0 Å². The molecule has 1 saturated carbocycles. The molecule has 0 saturated heterocycles.